The van der Waals surface area contributed by atoms with E-state index < -0.39 is 0 Å². The summed E-state index contributed by atoms with van der Waals surface area (Å²) in [6, 6.07) is 0. The summed E-state index contributed by atoms with van der Waals surface area (Å²) in [5.74, 6) is 2.62. The van der Waals surface area contributed by atoms with Crippen molar-refractivity contribution in [1.29, 1.82) is 0 Å². The van der Waals surface area contributed by atoms with E-state index in [-0.39, 0.29) is 6.10 Å². The van der Waals surface area contributed by atoms with Crippen molar-refractivity contribution in [3.05, 3.63) is 11.6 Å². The molecule has 128 valence electrons. The number of rotatable bonds is 2. The molecule has 2 nitrogen and oxygen atoms in total. The van der Waals surface area contributed by atoms with Crippen molar-refractivity contribution in [3.63, 3.8) is 0 Å². The highest BCUT2D eigenvalue weighted by atomic mass is 16.3. The SMILES string of the molecule is CCC12CCC3C(CC=C4CC(O)CCC43C)C1CCC2C=O. The lowest BCUT2D eigenvalue weighted by molar-refractivity contribution is -0.119. The molecule has 1 N–H and O–H groups in total. The first-order chi connectivity index (χ1) is 11.0. The van der Waals surface area contributed by atoms with Crippen LogP contribution in [0.2, 0.25) is 0 Å². The fourth-order valence-electron chi connectivity index (χ4n) is 7.40. The Bertz CT molecular complexity index is 524. The van der Waals surface area contributed by atoms with Crippen molar-refractivity contribution in [2.45, 2.75) is 77.7 Å². The van der Waals surface area contributed by atoms with Crippen LogP contribution in [0.25, 0.3) is 0 Å². The molecule has 4 aliphatic carbocycles. The maximum absolute atomic E-state index is 11.7. The van der Waals surface area contributed by atoms with E-state index in [4.69, 9.17) is 0 Å². The van der Waals surface area contributed by atoms with E-state index >= 15 is 0 Å². The van der Waals surface area contributed by atoms with Crippen molar-refractivity contribution in [1.82, 2.24) is 0 Å². The molecule has 3 fully saturated rings. The minimum Gasteiger partial charge on any atom is -0.393 e. The molecule has 4 aliphatic rings. The predicted molar refractivity (Wildman–Crippen MR) is 91.9 cm³/mol. The summed E-state index contributed by atoms with van der Waals surface area (Å²) < 4.78 is 0. The topological polar surface area (TPSA) is 37.3 Å². The van der Waals surface area contributed by atoms with Gasteiger partial charge in [-0.3, -0.25) is 0 Å². The zero-order valence-electron chi connectivity index (χ0n) is 14.8. The molecule has 0 aromatic carbocycles. The number of hydrogen-bond acceptors (Lipinski definition) is 2. The quantitative estimate of drug-likeness (QED) is 0.601. The molecule has 0 aliphatic heterocycles. The van der Waals surface area contributed by atoms with Crippen LogP contribution >= 0.6 is 0 Å². The molecule has 0 bridgehead atoms. The van der Waals surface area contributed by atoms with E-state index in [0.717, 1.165) is 43.4 Å². The molecule has 3 saturated carbocycles. The minimum absolute atomic E-state index is 0.116. The molecule has 23 heavy (non-hydrogen) atoms. The van der Waals surface area contributed by atoms with Crippen molar-refractivity contribution in [3.8, 4) is 0 Å². The van der Waals surface area contributed by atoms with Crippen LogP contribution in [0.5, 0.6) is 0 Å². The van der Waals surface area contributed by atoms with Gasteiger partial charge in [0, 0.05) is 5.92 Å². The van der Waals surface area contributed by atoms with Gasteiger partial charge in [-0.05, 0) is 86.4 Å². The van der Waals surface area contributed by atoms with Crippen LogP contribution in [0, 0.1) is 34.5 Å². The number of fused-ring (bicyclic) bond motifs is 5. The summed E-state index contributed by atoms with van der Waals surface area (Å²) in [5, 5.41) is 10.1. The van der Waals surface area contributed by atoms with Gasteiger partial charge < -0.3 is 9.90 Å². The van der Waals surface area contributed by atoms with Crippen LogP contribution in [-0.2, 0) is 4.79 Å². The molecule has 0 saturated heterocycles. The summed E-state index contributed by atoms with van der Waals surface area (Å²) >= 11 is 0. The number of aldehydes is 1. The Kier molecular flexibility index (Phi) is 3.75. The van der Waals surface area contributed by atoms with Crippen LogP contribution in [0.15, 0.2) is 11.6 Å². The minimum atomic E-state index is -0.116. The third kappa shape index (κ3) is 2.06. The van der Waals surface area contributed by atoms with Gasteiger partial charge in [-0.2, -0.15) is 0 Å². The van der Waals surface area contributed by atoms with E-state index in [1.54, 1.807) is 5.57 Å². The van der Waals surface area contributed by atoms with Crippen LogP contribution in [0.3, 0.4) is 0 Å². The molecule has 2 heteroatoms. The van der Waals surface area contributed by atoms with Gasteiger partial charge in [-0.1, -0.05) is 25.5 Å². The second-order valence-corrected chi connectivity index (χ2v) is 9.10. The van der Waals surface area contributed by atoms with Crippen molar-refractivity contribution in [2.75, 3.05) is 0 Å². The summed E-state index contributed by atoms with van der Waals surface area (Å²) in [4.78, 5) is 11.7. The van der Waals surface area contributed by atoms with E-state index in [9.17, 15) is 9.90 Å². The van der Waals surface area contributed by atoms with Gasteiger partial charge in [0.05, 0.1) is 6.10 Å². The molecule has 0 spiro atoms. The Labute approximate surface area is 140 Å². The molecular weight excluding hydrogens is 284 g/mol. The fourth-order valence-corrected chi connectivity index (χ4v) is 7.40. The molecule has 0 amide bonds. The number of hydrogen-bond donors (Lipinski definition) is 1. The Hall–Kier alpha value is -0.630. The highest BCUT2D eigenvalue weighted by Gasteiger charge is 2.59. The lowest BCUT2D eigenvalue weighted by Crippen LogP contribution is -2.51. The third-order valence-corrected chi connectivity index (χ3v) is 8.68. The standard InChI is InChI=1S/C21H32O2/c1-3-21-11-9-18-17(19(21)7-5-15(21)13-22)6-4-14-12-16(23)8-10-20(14,18)2/h4,13,15-19,23H,3,5-12H2,1-2H3. The average molecular weight is 316 g/mol. The zero-order valence-corrected chi connectivity index (χ0v) is 14.8. The van der Waals surface area contributed by atoms with Crippen LogP contribution < -0.4 is 0 Å². The summed E-state index contributed by atoms with van der Waals surface area (Å²) in [6.45, 7) is 4.80. The second-order valence-electron chi connectivity index (χ2n) is 9.10. The van der Waals surface area contributed by atoms with Crippen LogP contribution in [0.1, 0.15) is 71.6 Å². The lowest BCUT2D eigenvalue weighted by atomic mass is 9.46. The summed E-state index contributed by atoms with van der Waals surface area (Å²) in [6.07, 6.45) is 14.0. The predicted octanol–water partition coefficient (Wildman–Crippen LogP) is 4.52. The smallest absolute Gasteiger partial charge is 0.123 e. The first kappa shape index (κ1) is 15.9. The number of aliphatic hydroxyl groups excluding tert-OH is 1. The number of carbonyl (C=O) groups is 1. The van der Waals surface area contributed by atoms with E-state index in [2.05, 4.69) is 19.9 Å². The van der Waals surface area contributed by atoms with Gasteiger partial charge in [0.25, 0.3) is 0 Å². The van der Waals surface area contributed by atoms with Crippen molar-refractivity contribution in [2.24, 2.45) is 34.5 Å². The number of allylic oxidation sites excluding steroid dienone is 1. The molecular formula is C21H32O2. The maximum atomic E-state index is 11.7. The number of carbonyl (C=O) groups excluding carboxylic acids is 1. The molecule has 0 heterocycles. The molecule has 7 atom stereocenters. The Morgan fingerprint density at radius 1 is 1.22 bits per heavy atom. The van der Waals surface area contributed by atoms with E-state index in [1.807, 2.05) is 0 Å². The molecule has 0 radical (unpaired) electrons. The van der Waals surface area contributed by atoms with Gasteiger partial charge in [0.2, 0.25) is 0 Å². The van der Waals surface area contributed by atoms with Gasteiger partial charge >= 0.3 is 0 Å². The molecule has 7 unspecified atom stereocenters. The molecule has 0 aromatic rings. The highest BCUT2D eigenvalue weighted by molar-refractivity contribution is 5.56. The van der Waals surface area contributed by atoms with E-state index in [1.165, 1.54) is 38.4 Å². The van der Waals surface area contributed by atoms with Crippen LogP contribution in [0.4, 0.5) is 0 Å². The Morgan fingerprint density at radius 3 is 2.78 bits per heavy atom. The average Bonchev–Trinajstić information content (AvgIpc) is 2.94. The fraction of sp³-hybridized carbons (Fsp3) is 0.857. The zero-order chi connectivity index (χ0) is 16.2. The van der Waals surface area contributed by atoms with Gasteiger partial charge in [0.15, 0.2) is 0 Å². The normalized spacial score (nSPS) is 52.1. The van der Waals surface area contributed by atoms with Gasteiger partial charge in [0.1, 0.15) is 6.29 Å². The lowest BCUT2D eigenvalue weighted by Gasteiger charge is -2.58. The van der Waals surface area contributed by atoms with E-state index in [0.29, 0.717) is 16.7 Å². The van der Waals surface area contributed by atoms with Gasteiger partial charge in [-0.25, -0.2) is 0 Å². The monoisotopic (exact) mass is 316 g/mol. The Balaban J connectivity index is 1.68. The van der Waals surface area contributed by atoms with Crippen molar-refractivity contribution >= 4 is 6.29 Å². The van der Waals surface area contributed by atoms with Gasteiger partial charge in [-0.15, -0.1) is 0 Å². The summed E-state index contributed by atoms with van der Waals surface area (Å²) in [7, 11) is 0. The maximum Gasteiger partial charge on any atom is 0.123 e. The largest absolute Gasteiger partial charge is 0.393 e. The molecule has 4 rings (SSSR count). The number of aliphatic hydroxyl groups is 1. The summed E-state index contributed by atoms with van der Waals surface area (Å²) in [5.41, 5.74) is 2.17. The third-order valence-electron chi connectivity index (χ3n) is 8.68. The first-order valence-corrected chi connectivity index (χ1v) is 9.88. The highest BCUT2D eigenvalue weighted by Crippen LogP contribution is 2.66. The molecule has 0 aromatic heterocycles. The van der Waals surface area contributed by atoms with Crippen molar-refractivity contribution < 1.29 is 9.90 Å². The Morgan fingerprint density at radius 2 is 2.04 bits per heavy atom. The van der Waals surface area contributed by atoms with Crippen LogP contribution in [-0.4, -0.2) is 17.5 Å². The second kappa shape index (κ2) is 5.44. The first-order valence-electron chi connectivity index (χ1n) is 9.88.